The number of rotatable bonds is 5. The van der Waals surface area contributed by atoms with Crippen LogP contribution in [0.5, 0.6) is 0 Å². The normalized spacial score (nSPS) is 10.7. The summed E-state index contributed by atoms with van der Waals surface area (Å²) < 4.78 is 0. The number of aromatic carboxylic acids is 1. The van der Waals surface area contributed by atoms with E-state index in [0.29, 0.717) is 5.69 Å². The van der Waals surface area contributed by atoms with Gasteiger partial charge in [-0.3, -0.25) is 4.79 Å². The fourth-order valence-electron chi connectivity index (χ4n) is 2.08. The minimum absolute atomic E-state index is 0.0417. The molecule has 0 radical (unpaired) electrons. The quantitative estimate of drug-likeness (QED) is 0.647. The van der Waals surface area contributed by atoms with E-state index in [-0.39, 0.29) is 11.1 Å². The van der Waals surface area contributed by atoms with E-state index in [9.17, 15) is 14.9 Å². The third-order valence-electron chi connectivity index (χ3n) is 3.48. The highest BCUT2D eigenvalue weighted by atomic mass is 16.4. The van der Waals surface area contributed by atoms with Gasteiger partial charge in [0.1, 0.15) is 11.6 Å². The molecule has 2 aromatic carbocycles. The summed E-state index contributed by atoms with van der Waals surface area (Å²) in [6, 6.07) is 15.0. The summed E-state index contributed by atoms with van der Waals surface area (Å²) in [5.74, 6) is -1.60. The Hall–Kier alpha value is -3.59. The molecule has 2 rings (SSSR count). The summed E-state index contributed by atoms with van der Waals surface area (Å²) in [6.45, 7) is 0. The van der Waals surface area contributed by atoms with Crippen LogP contribution in [0.15, 0.2) is 54.1 Å². The molecule has 0 atom stereocenters. The summed E-state index contributed by atoms with van der Waals surface area (Å²) in [5.41, 5.74) is 2.24. The highest BCUT2D eigenvalue weighted by Gasteiger charge is 2.10. The van der Waals surface area contributed by atoms with Crippen molar-refractivity contribution in [1.82, 2.24) is 0 Å². The zero-order valence-electron chi connectivity index (χ0n) is 13.9. The molecule has 0 saturated carbocycles. The average Bonchev–Trinajstić information content (AvgIpc) is 2.60. The van der Waals surface area contributed by atoms with Gasteiger partial charge in [-0.1, -0.05) is 12.1 Å². The highest BCUT2D eigenvalue weighted by molar-refractivity contribution is 6.09. The summed E-state index contributed by atoms with van der Waals surface area (Å²) in [6.07, 6.45) is 1.50. The van der Waals surface area contributed by atoms with Gasteiger partial charge >= 0.3 is 5.97 Å². The molecule has 6 heteroatoms. The highest BCUT2D eigenvalue weighted by Crippen LogP contribution is 2.16. The molecule has 126 valence electrons. The Morgan fingerprint density at radius 3 is 2.16 bits per heavy atom. The predicted octanol–water partition coefficient (Wildman–Crippen LogP) is 3.00. The minimum atomic E-state index is -1.04. The van der Waals surface area contributed by atoms with Gasteiger partial charge in [-0.2, -0.15) is 5.26 Å². The molecular weight excluding hydrogens is 318 g/mol. The standard InChI is InChI=1S/C19H17N3O3/c1-22(2)17-9-3-13(4-10-17)11-15(12-20)18(23)21-16-7-5-14(6-8-16)19(24)25/h3-11H,1-2H3,(H,21,23)(H,24,25)/b15-11+. The molecule has 0 aliphatic rings. The maximum atomic E-state index is 12.2. The number of nitrogens with zero attached hydrogens (tertiary/aromatic N) is 2. The molecule has 0 aliphatic carbocycles. The van der Waals surface area contributed by atoms with E-state index in [1.54, 1.807) is 0 Å². The fourth-order valence-corrected chi connectivity index (χ4v) is 2.08. The first kappa shape index (κ1) is 17.8. The molecule has 0 unspecified atom stereocenters. The van der Waals surface area contributed by atoms with Crippen molar-refractivity contribution in [2.24, 2.45) is 0 Å². The van der Waals surface area contributed by atoms with Crippen LogP contribution in [0.4, 0.5) is 11.4 Å². The Kier molecular flexibility index (Phi) is 5.54. The SMILES string of the molecule is CN(C)c1ccc(/C=C(\C#N)C(=O)Nc2ccc(C(=O)O)cc2)cc1. The molecule has 0 spiro atoms. The number of hydrogen-bond acceptors (Lipinski definition) is 4. The smallest absolute Gasteiger partial charge is 0.335 e. The van der Waals surface area contributed by atoms with E-state index in [0.717, 1.165) is 11.3 Å². The lowest BCUT2D eigenvalue weighted by molar-refractivity contribution is -0.112. The number of nitriles is 1. The first-order valence-corrected chi connectivity index (χ1v) is 7.44. The van der Waals surface area contributed by atoms with Crippen molar-refractivity contribution in [3.05, 3.63) is 65.2 Å². The van der Waals surface area contributed by atoms with Gasteiger partial charge in [0.05, 0.1) is 5.56 Å². The van der Waals surface area contributed by atoms with Crippen LogP contribution in [0.25, 0.3) is 6.08 Å². The van der Waals surface area contributed by atoms with Gasteiger partial charge in [0.25, 0.3) is 5.91 Å². The molecule has 25 heavy (non-hydrogen) atoms. The number of carboxylic acid groups (broad SMARTS) is 1. The minimum Gasteiger partial charge on any atom is -0.478 e. The molecular formula is C19H17N3O3. The molecule has 0 saturated heterocycles. The van der Waals surface area contributed by atoms with E-state index >= 15 is 0 Å². The maximum absolute atomic E-state index is 12.2. The van der Waals surface area contributed by atoms with Gasteiger partial charge in [0.15, 0.2) is 0 Å². The van der Waals surface area contributed by atoms with E-state index in [1.165, 1.54) is 30.3 Å². The van der Waals surface area contributed by atoms with Crippen molar-refractivity contribution >= 4 is 29.3 Å². The summed E-state index contributed by atoms with van der Waals surface area (Å²) in [5, 5.41) is 20.7. The van der Waals surface area contributed by atoms with Gasteiger partial charge in [-0.15, -0.1) is 0 Å². The van der Waals surface area contributed by atoms with Crippen molar-refractivity contribution < 1.29 is 14.7 Å². The van der Waals surface area contributed by atoms with Crippen LogP contribution in [-0.4, -0.2) is 31.1 Å². The van der Waals surface area contributed by atoms with Gasteiger partial charge in [-0.25, -0.2) is 4.79 Å². The number of nitrogens with one attached hydrogen (secondary N) is 1. The van der Waals surface area contributed by atoms with E-state index in [4.69, 9.17) is 5.11 Å². The second-order valence-corrected chi connectivity index (χ2v) is 5.49. The lowest BCUT2D eigenvalue weighted by atomic mass is 10.1. The zero-order valence-corrected chi connectivity index (χ0v) is 13.9. The van der Waals surface area contributed by atoms with Crippen LogP contribution < -0.4 is 10.2 Å². The number of anilines is 2. The molecule has 6 nitrogen and oxygen atoms in total. The van der Waals surface area contributed by atoms with Crippen LogP contribution >= 0.6 is 0 Å². The van der Waals surface area contributed by atoms with Crippen LogP contribution in [0.3, 0.4) is 0 Å². The number of benzene rings is 2. The Morgan fingerprint density at radius 2 is 1.68 bits per heavy atom. The van der Waals surface area contributed by atoms with E-state index < -0.39 is 11.9 Å². The second-order valence-electron chi connectivity index (χ2n) is 5.49. The van der Waals surface area contributed by atoms with Gasteiger partial charge in [0.2, 0.25) is 0 Å². The molecule has 0 heterocycles. The Balaban J connectivity index is 2.14. The lowest BCUT2D eigenvalue weighted by Gasteiger charge is -2.12. The maximum Gasteiger partial charge on any atom is 0.335 e. The number of hydrogen-bond donors (Lipinski definition) is 2. The first-order valence-electron chi connectivity index (χ1n) is 7.44. The van der Waals surface area contributed by atoms with Crippen LogP contribution in [0.1, 0.15) is 15.9 Å². The topological polar surface area (TPSA) is 93.4 Å². The van der Waals surface area contributed by atoms with Crippen LogP contribution in [0, 0.1) is 11.3 Å². The van der Waals surface area contributed by atoms with Gasteiger partial charge in [0, 0.05) is 25.5 Å². The molecule has 1 amide bonds. The van der Waals surface area contributed by atoms with Crippen molar-refractivity contribution in [2.75, 3.05) is 24.3 Å². The van der Waals surface area contributed by atoms with Crippen molar-refractivity contribution in [3.8, 4) is 6.07 Å². The summed E-state index contributed by atoms with van der Waals surface area (Å²) >= 11 is 0. The van der Waals surface area contributed by atoms with Gasteiger partial charge in [-0.05, 0) is 48.0 Å². The van der Waals surface area contributed by atoms with Crippen LogP contribution in [0.2, 0.25) is 0 Å². The van der Waals surface area contributed by atoms with Gasteiger partial charge < -0.3 is 15.3 Å². The summed E-state index contributed by atoms with van der Waals surface area (Å²) in [7, 11) is 3.85. The molecule has 0 aromatic heterocycles. The Labute approximate surface area is 145 Å². The van der Waals surface area contributed by atoms with E-state index in [2.05, 4.69) is 5.32 Å². The number of amides is 1. The molecule has 0 aliphatic heterocycles. The fraction of sp³-hybridized carbons (Fsp3) is 0.105. The Bertz CT molecular complexity index is 845. The molecule has 0 fully saturated rings. The monoisotopic (exact) mass is 335 g/mol. The average molecular weight is 335 g/mol. The Morgan fingerprint density at radius 1 is 1.08 bits per heavy atom. The largest absolute Gasteiger partial charge is 0.478 e. The number of carboxylic acids is 1. The third kappa shape index (κ3) is 4.69. The zero-order chi connectivity index (χ0) is 18.4. The third-order valence-corrected chi connectivity index (χ3v) is 3.48. The van der Waals surface area contributed by atoms with E-state index in [1.807, 2.05) is 49.3 Å². The summed E-state index contributed by atoms with van der Waals surface area (Å²) in [4.78, 5) is 25.0. The number of carbonyl (C=O) groups excluding carboxylic acids is 1. The van der Waals surface area contributed by atoms with Crippen molar-refractivity contribution in [3.63, 3.8) is 0 Å². The lowest BCUT2D eigenvalue weighted by Crippen LogP contribution is -2.13. The number of carbonyl (C=O) groups is 2. The second kappa shape index (κ2) is 7.79. The van der Waals surface area contributed by atoms with Crippen molar-refractivity contribution in [2.45, 2.75) is 0 Å². The molecule has 2 aromatic rings. The van der Waals surface area contributed by atoms with Crippen molar-refractivity contribution in [1.29, 1.82) is 5.26 Å². The van der Waals surface area contributed by atoms with Crippen LogP contribution in [-0.2, 0) is 4.79 Å². The molecule has 0 bridgehead atoms. The first-order chi connectivity index (χ1) is 11.9. The molecule has 2 N–H and O–H groups in total. The predicted molar refractivity (Wildman–Crippen MR) is 96.4 cm³/mol.